The Morgan fingerprint density at radius 1 is 1.33 bits per heavy atom. The van der Waals surface area contributed by atoms with E-state index in [9.17, 15) is 4.79 Å². The van der Waals surface area contributed by atoms with E-state index in [0.717, 1.165) is 24.9 Å². The van der Waals surface area contributed by atoms with Crippen molar-refractivity contribution in [3.05, 3.63) is 41.0 Å². The van der Waals surface area contributed by atoms with Gasteiger partial charge in [0.2, 0.25) is 0 Å². The molecule has 1 atom stereocenters. The second kappa shape index (κ2) is 5.61. The first-order valence-corrected chi connectivity index (χ1v) is 6.94. The van der Waals surface area contributed by atoms with Crippen LogP contribution in [0.4, 0.5) is 0 Å². The fraction of sp³-hybridized carbons (Fsp3) is 0.400. The van der Waals surface area contributed by atoms with Gasteiger partial charge in [-0.1, -0.05) is 36.9 Å². The zero-order valence-corrected chi connectivity index (χ0v) is 11.6. The molecule has 1 aromatic rings. The summed E-state index contributed by atoms with van der Waals surface area (Å²) in [5.41, 5.74) is -0.258. The molecule has 3 heteroatoms. The number of hydrogen-bond acceptors (Lipinski definition) is 3. The molecule has 2 rings (SSSR count). The number of ether oxygens (including phenoxy) is 1. The number of carbonyl (C=O) groups excluding carboxylic acids is 1. The van der Waals surface area contributed by atoms with Crippen LogP contribution in [-0.4, -0.2) is 13.4 Å². The van der Waals surface area contributed by atoms with Gasteiger partial charge in [-0.2, -0.15) is 0 Å². The van der Waals surface area contributed by atoms with Crippen molar-refractivity contribution in [1.29, 1.82) is 0 Å². The Hall–Kier alpha value is -1.22. The van der Waals surface area contributed by atoms with Crippen LogP contribution in [-0.2, 0) is 9.53 Å². The second-order valence-electron chi connectivity index (χ2n) is 4.91. The van der Waals surface area contributed by atoms with E-state index in [0.29, 0.717) is 6.42 Å². The first-order valence-electron chi connectivity index (χ1n) is 6.12. The van der Waals surface area contributed by atoms with Crippen molar-refractivity contribution in [2.24, 2.45) is 5.41 Å². The Morgan fingerprint density at radius 3 is 2.67 bits per heavy atom. The van der Waals surface area contributed by atoms with Crippen molar-refractivity contribution in [1.82, 2.24) is 0 Å². The normalized spacial score (nSPS) is 23.9. The van der Waals surface area contributed by atoms with Gasteiger partial charge in [-0.05, 0) is 25.0 Å². The highest BCUT2D eigenvalue weighted by molar-refractivity contribution is 8.03. The molecular formula is C15H18O2S. The molecule has 96 valence electrons. The van der Waals surface area contributed by atoms with E-state index >= 15 is 0 Å². The molecule has 0 spiro atoms. The number of methoxy groups -OCH3 is 1. The number of carbonyl (C=O) groups is 1. The lowest BCUT2D eigenvalue weighted by Crippen LogP contribution is -2.23. The predicted octanol–water partition coefficient (Wildman–Crippen LogP) is 4.03. The summed E-state index contributed by atoms with van der Waals surface area (Å²) in [6, 6.07) is 10.3. The summed E-state index contributed by atoms with van der Waals surface area (Å²) in [7, 11) is 1.69. The van der Waals surface area contributed by atoms with Gasteiger partial charge in [0.05, 0.1) is 7.11 Å². The SMILES string of the molecule is COC1=C(Sc2ccccc2)CCC(C)(C=O)C1. The second-order valence-corrected chi connectivity index (χ2v) is 6.08. The van der Waals surface area contributed by atoms with E-state index in [-0.39, 0.29) is 5.41 Å². The lowest BCUT2D eigenvalue weighted by Gasteiger charge is -2.30. The zero-order valence-electron chi connectivity index (χ0n) is 10.8. The molecule has 0 saturated heterocycles. The van der Waals surface area contributed by atoms with Gasteiger partial charge in [-0.25, -0.2) is 0 Å². The Balaban J connectivity index is 2.18. The van der Waals surface area contributed by atoms with Gasteiger partial charge in [0.25, 0.3) is 0 Å². The van der Waals surface area contributed by atoms with Gasteiger partial charge in [0, 0.05) is 21.6 Å². The molecule has 0 aliphatic heterocycles. The maximum atomic E-state index is 11.1. The highest BCUT2D eigenvalue weighted by Crippen LogP contribution is 2.43. The number of rotatable bonds is 4. The number of aldehydes is 1. The Kier molecular flexibility index (Phi) is 4.12. The third-order valence-electron chi connectivity index (χ3n) is 3.31. The van der Waals surface area contributed by atoms with Crippen molar-refractivity contribution in [3.8, 4) is 0 Å². The maximum Gasteiger partial charge on any atom is 0.126 e. The average Bonchev–Trinajstić information content (AvgIpc) is 2.42. The summed E-state index contributed by atoms with van der Waals surface area (Å²) < 4.78 is 5.47. The van der Waals surface area contributed by atoms with Gasteiger partial charge in [0.15, 0.2) is 0 Å². The number of benzene rings is 1. The van der Waals surface area contributed by atoms with Crippen LogP contribution in [0.25, 0.3) is 0 Å². The van der Waals surface area contributed by atoms with Crippen molar-refractivity contribution in [2.45, 2.75) is 31.1 Å². The van der Waals surface area contributed by atoms with Crippen molar-refractivity contribution in [2.75, 3.05) is 7.11 Å². The van der Waals surface area contributed by atoms with Crippen LogP contribution in [0.5, 0.6) is 0 Å². The van der Waals surface area contributed by atoms with E-state index < -0.39 is 0 Å². The minimum atomic E-state index is -0.258. The van der Waals surface area contributed by atoms with E-state index in [1.165, 1.54) is 9.80 Å². The highest BCUT2D eigenvalue weighted by atomic mass is 32.2. The van der Waals surface area contributed by atoms with Crippen LogP contribution >= 0.6 is 11.8 Å². The van der Waals surface area contributed by atoms with Crippen molar-refractivity contribution < 1.29 is 9.53 Å². The standard InChI is InChI=1S/C15H18O2S/c1-15(11-16)9-8-14(13(10-15)17-2)18-12-6-4-3-5-7-12/h3-7,11H,8-10H2,1-2H3. The van der Waals surface area contributed by atoms with Gasteiger partial charge >= 0.3 is 0 Å². The van der Waals surface area contributed by atoms with E-state index in [1.54, 1.807) is 18.9 Å². The first-order chi connectivity index (χ1) is 8.67. The number of thioether (sulfide) groups is 1. The molecule has 0 aromatic heterocycles. The van der Waals surface area contributed by atoms with Gasteiger partial charge in [-0.15, -0.1) is 0 Å². The average molecular weight is 262 g/mol. The molecular weight excluding hydrogens is 244 g/mol. The lowest BCUT2D eigenvalue weighted by atomic mass is 9.79. The molecule has 0 heterocycles. The van der Waals surface area contributed by atoms with Gasteiger partial charge < -0.3 is 9.53 Å². The largest absolute Gasteiger partial charge is 0.500 e. The molecule has 0 amide bonds. The summed E-state index contributed by atoms with van der Waals surface area (Å²) in [4.78, 5) is 13.6. The molecule has 1 unspecified atom stereocenters. The predicted molar refractivity (Wildman–Crippen MR) is 74.4 cm³/mol. The lowest BCUT2D eigenvalue weighted by molar-refractivity contribution is -0.116. The third-order valence-corrected chi connectivity index (χ3v) is 4.50. The van der Waals surface area contributed by atoms with E-state index in [1.807, 2.05) is 25.1 Å². The van der Waals surface area contributed by atoms with Crippen LogP contribution in [0.15, 0.2) is 45.9 Å². The van der Waals surface area contributed by atoms with Crippen molar-refractivity contribution >= 4 is 18.0 Å². The Bertz CT molecular complexity index is 453. The van der Waals surface area contributed by atoms with Crippen molar-refractivity contribution in [3.63, 3.8) is 0 Å². The molecule has 0 fully saturated rings. The molecule has 1 aromatic carbocycles. The quantitative estimate of drug-likeness (QED) is 0.766. The molecule has 0 N–H and O–H groups in total. The maximum absolute atomic E-state index is 11.1. The van der Waals surface area contributed by atoms with E-state index in [4.69, 9.17) is 4.74 Å². The summed E-state index contributed by atoms with van der Waals surface area (Å²) >= 11 is 1.75. The number of hydrogen-bond donors (Lipinski definition) is 0. The fourth-order valence-electron chi connectivity index (χ4n) is 2.12. The third kappa shape index (κ3) is 2.96. The van der Waals surface area contributed by atoms with Crippen LogP contribution in [0, 0.1) is 5.41 Å². The van der Waals surface area contributed by atoms with Crippen LogP contribution in [0.2, 0.25) is 0 Å². The molecule has 18 heavy (non-hydrogen) atoms. The zero-order chi connectivity index (χ0) is 13.0. The van der Waals surface area contributed by atoms with Crippen LogP contribution in [0.3, 0.4) is 0 Å². The Labute approximate surface area is 112 Å². The monoisotopic (exact) mass is 262 g/mol. The highest BCUT2D eigenvalue weighted by Gasteiger charge is 2.32. The number of allylic oxidation sites excluding steroid dienone is 2. The molecule has 1 aliphatic carbocycles. The van der Waals surface area contributed by atoms with Crippen LogP contribution in [0.1, 0.15) is 26.2 Å². The molecule has 0 radical (unpaired) electrons. The summed E-state index contributed by atoms with van der Waals surface area (Å²) in [6.45, 7) is 2.00. The molecule has 0 bridgehead atoms. The minimum Gasteiger partial charge on any atom is -0.500 e. The summed E-state index contributed by atoms with van der Waals surface area (Å²) in [6.07, 6.45) is 3.59. The molecule has 2 nitrogen and oxygen atoms in total. The summed E-state index contributed by atoms with van der Waals surface area (Å²) in [5, 5.41) is 0. The molecule has 1 aliphatic rings. The fourth-order valence-corrected chi connectivity index (χ4v) is 3.17. The topological polar surface area (TPSA) is 26.3 Å². The van der Waals surface area contributed by atoms with Crippen LogP contribution < -0.4 is 0 Å². The van der Waals surface area contributed by atoms with Gasteiger partial charge in [0.1, 0.15) is 12.0 Å². The first kappa shape index (κ1) is 13.2. The summed E-state index contributed by atoms with van der Waals surface area (Å²) in [5.74, 6) is 0.963. The Morgan fingerprint density at radius 2 is 2.06 bits per heavy atom. The van der Waals surface area contributed by atoms with E-state index in [2.05, 4.69) is 12.1 Å². The molecule has 0 saturated carbocycles. The minimum absolute atomic E-state index is 0.258. The smallest absolute Gasteiger partial charge is 0.126 e. The van der Waals surface area contributed by atoms with Gasteiger partial charge in [-0.3, -0.25) is 0 Å².